The molecular weight excluding hydrogens is 628 g/mol. The summed E-state index contributed by atoms with van der Waals surface area (Å²) in [5, 5.41) is 1.88. The molecule has 2 heterocycles. The van der Waals surface area contributed by atoms with Gasteiger partial charge in [-0.05, 0) is 15.4 Å². The average molecular weight is 675 g/mol. The smallest absolute Gasteiger partial charge is 0.303 e. The minimum atomic E-state index is -2.98. The van der Waals surface area contributed by atoms with Crippen LogP contribution in [-0.4, -0.2) is 103 Å². The van der Waals surface area contributed by atoms with E-state index in [9.17, 15) is 14.4 Å². The molecule has 0 bridgehead atoms. The topological polar surface area (TPSA) is 134 Å². The molecule has 2 aliphatic heterocycles. The van der Waals surface area contributed by atoms with Gasteiger partial charge in [0.25, 0.3) is 8.32 Å². The van der Waals surface area contributed by atoms with Crippen molar-refractivity contribution in [2.45, 2.75) is 95.8 Å². The predicted molar refractivity (Wildman–Crippen MR) is 171 cm³/mol. The van der Waals surface area contributed by atoms with Gasteiger partial charge in [0.15, 0.2) is 24.8 Å². The first-order valence-electron chi connectivity index (χ1n) is 15.6. The zero-order valence-corrected chi connectivity index (χ0v) is 29.2. The quantitative estimate of drug-likeness (QED) is 0.176. The van der Waals surface area contributed by atoms with E-state index in [1.165, 1.54) is 35.0 Å². The monoisotopic (exact) mass is 674 g/mol. The summed E-state index contributed by atoms with van der Waals surface area (Å²) in [5.41, 5.74) is 0. The minimum Gasteiger partial charge on any atom is -0.463 e. The highest BCUT2D eigenvalue weighted by Crippen LogP contribution is 2.39. The van der Waals surface area contributed by atoms with Crippen molar-refractivity contribution in [3.63, 3.8) is 0 Å². The Hall–Kier alpha value is -3.17. The van der Waals surface area contributed by atoms with Gasteiger partial charge in [-0.2, -0.15) is 0 Å². The second-order valence-corrected chi connectivity index (χ2v) is 16.9. The maximum Gasteiger partial charge on any atom is 0.303 e. The van der Waals surface area contributed by atoms with E-state index in [1.807, 2.05) is 36.4 Å². The maximum atomic E-state index is 12.2. The van der Waals surface area contributed by atoms with Gasteiger partial charge in [-0.1, -0.05) is 81.4 Å². The molecule has 2 aliphatic rings. The van der Waals surface area contributed by atoms with Gasteiger partial charge in [0.2, 0.25) is 0 Å². The summed E-state index contributed by atoms with van der Waals surface area (Å²) in [7, 11) is 0.0287. The normalized spacial score (nSPS) is 27.7. The van der Waals surface area contributed by atoms with Gasteiger partial charge in [0, 0.05) is 35.0 Å². The minimum absolute atomic E-state index is 0.0901. The van der Waals surface area contributed by atoms with Crippen LogP contribution in [-0.2, 0) is 56.7 Å². The summed E-state index contributed by atoms with van der Waals surface area (Å²) in [4.78, 5) is 35.9. The van der Waals surface area contributed by atoms with Crippen molar-refractivity contribution < 1.29 is 56.7 Å². The first kappa shape index (κ1) is 36.7. The fourth-order valence-electron chi connectivity index (χ4n) is 6.34. The Balaban J connectivity index is 1.69. The van der Waals surface area contributed by atoms with E-state index in [1.54, 1.807) is 0 Å². The molecule has 8 atom stereocenters. The number of methoxy groups -OCH3 is 2. The van der Waals surface area contributed by atoms with Crippen molar-refractivity contribution in [3.05, 3.63) is 60.7 Å². The van der Waals surface area contributed by atoms with Gasteiger partial charge in [-0.15, -0.1) is 0 Å². The molecular formula is C34H46O12Si. The van der Waals surface area contributed by atoms with Gasteiger partial charge in [-0.3, -0.25) is 14.4 Å². The fourth-order valence-corrected chi connectivity index (χ4v) is 10.9. The lowest BCUT2D eigenvalue weighted by molar-refractivity contribution is -0.224. The Morgan fingerprint density at radius 3 is 1.64 bits per heavy atom. The molecule has 0 unspecified atom stereocenters. The molecule has 0 amide bonds. The van der Waals surface area contributed by atoms with Crippen LogP contribution in [0.4, 0.5) is 0 Å². The van der Waals surface area contributed by atoms with E-state index in [0.29, 0.717) is 0 Å². The van der Waals surface area contributed by atoms with E-state index in [4.69, 9.17) is 42.3 Å². The van der Waals surface area contributed by atoms with Crippen LogP contribution in [0, 0.1) is 0 Å². The SMILES string of the molecule is CO[C@@H]1O[C@H](CO[Si](c2ccccc2)(c2ccccc2)C(C)(C)C)[C@@H](O[C@H]2O[C@H](COC(C)=O)[C@@H](OC(C)=O)[C@@H]2OC(C)=O)[C@H]1OC. The molecule has 0 aliphatic carbocycles. The number of benzene rings is 2. The number of ether oxygens (including phenoxy) is 8. The first-order valence-corrected chi connectivity index (χ1v) is 17.5. The van der Waals surface area contributed by atoms with Crippen LogP contribution in [0.25, 0.3) is 0 Å². The summed E-state index contributed by atoms with van der Waals surface area (Å²) in [6, 6.07) is 20.4. The second-order valence-electron chi connectivity index (χ2n) is 12.5. The highest BCUT2D eigenvalue weighted by molar-refractivity contribution is 6.99. The molecule has 0 aromatic heterocycles. The van der Waals surface area contributed by atoms with Gasteiger partial charge >= 0.3 is 17.9 Å². The molecule has 13 heteroatoms. The van der Waals surface area contributed by atoms with Crippen molar-refractivity contribution in [2.24, 2.45) is 0 Å². The van der Waals surface area contributed by atoms with E-state index in [2.05, 4.69) is 45.0 Å². The van der Waals surface area contributed by atoms with Crippen LogP contribution >= 0.6 is 0 Å². The standard InChI is InChI=1S/C34H46O12Si/c1-21(35)40-19-26-29(42-22(2)36)31(43-23(3)37)33(45-26)46-28-27(44-32(39-8)30(28)38-7)20-41-47(34(4,5)6,24-15-11-9-12-16-24)25-17-13-10-14-18-25/h9-18,26-33H,19-20H2,1-8H3/t26-,27-,28-,29-,30-,31+,32-,33-/m1/s1. The Morgan fingerprint density at radius 2 is 1.17 bits per heavy atom. The first-order chi connectivity index (χ1) is 22.3. The fraction of sp³-hybridized carbons (Fsp3) is 0.559. The molecule has 47 heavy (non-hydrogen) atoms. The molecule has 2 fully saturated rings. The van der Waals surface area contributed by atoms with Crippen LogP contribution < -0.4 is 10.4 Å². The van der Waals surface area contributed by atoms with Crippen molar-refractivity contribution in [2.75, 3.05) is 27.4 Å². The van der Waals surface area contributed by atoms with Crippen LogP contribution in [0.5, 0.6) is 0 Å². The van der Waals surface area contributed by atoms with Crippen molar-refractivity contribution in [1.29, 1.82) is 0 Å². The highest BCUT2D eigenvalue weighted by atomic mass is 28.4. The third-order valence-corrected chi connectivity index (χ3v) is 13.3. The zero-order chi connectivity index (χ0) is 34.4. The van der Waals surface area contributed by atoms with Crippen molar-refractivity contribution >= 4 is 36.6 Å². The van der Waals surface area contributed by atoms with Crippen LogP contribution in [0.1, 0.15) is 41.5 Å². The van der Waals surface area contributed by atoms with Crippen LogP contribution in [0.2, 0.25) is 5.04 Å². The van der Waals surface area contributed by atoms with Gasteiger partial charge in [0.05, 0.1) is 6.61 Å². The number of hydrogen-bond acceptors (Lipinski definition) is 12. The molecule has 2 aromatic carbocycles. The van der Waals surface area contributed by atoms with Crippen LogP contribution in [0.15, 0.2) is 60.7 Å². The summed E-state index contributed by atoms with van der Waals surface area (Å²) >= 11 is 0. The summed E-state index contributed by atoms with van der Waals surface area (Å²) in [6.45, 7) is 10.0. The molecule has 0 N–H and O–H groups in total. The summed E-state index contributed by atoms with van der Waals surface area (Å²) < 4.78 is 53.8. The second kappa shape index (κ2) is 15.8. The average Bonchev–Trinajstić information content (AvgIpc) is 3.52. The van der Waals surface area contributed by atoms with Gasteiger partial charge in [-0.25, -0.2) is 0 Å². The third-order valence-electron chi connectivity index (χ3n) is 8.27. The Labute approximate surface area is 277 Å². The zero-order valence-electron chi connectivity index (χ0n) is 28.2. The number of rotatable bonds is 13. The number of hydrogen-bond donors (Lipinski definition) is 0. The number of esters is 3. The van der Waals surface area contributed by atoms with Crippen LogP contribution in [0.3, 0.4) is 0 Å². The summed E-state index contributed by atoms with van der Waals surface area (Å²) in [5.74, 6) is -1.85. The predicted octanol–water partition coefficient (Wildman–Crippen LogP) is 2.49. The molecule has 0 saturated carbocycles. The van der Waals surface area contributed by atoms with E-state index in [0.717, 1.165) is 10.4 Å². The highest BCUT2D eigenvalue weighted by Gasteiger charge is 2.56. The van der Waals surface area contributed by atoms with Gasteiger partial charge < -0.3 is 42.3 Å². The third kappa shape index (κ3) is 8.28. The van der Waals surface area contributed by atoms with Crippen molar-refractivity contribution in [3.8, 4) is 0 Å². The lowest BCUT2D eigenvalue weighted by atomic mass is 10.1. The Kier molecular flexibility index (Phi) is 12.3. The molecule has 258 valence electrons. The van der Waals surface area contributed by atoms with E-state index >= 15 is 0 Å². The molecule has 0 spiro atoms. The van der Waals surface area contributed by atoms with Crippen molar-refractivity contribution in [1.82, 2.24) is 0 Å². The molecule has 12 nitrogen and oxygen atoms in total. The Morgan fingerprint density at radius 1 is 0.660 bits per heavy atom. The molecule has 4 rings (SSSR count). The molecule has 0 radical (unpaired) electrons. The molecule has 2 saturated heterocycles. The molecule has 2 aromatic rings. The Bertz CT molecular complexity index is 1290. The van der Waals surface area contributed by atoms with E-state index < -0.39 is 75.4 Å². The van der Waals surface area contributed by atoms with E-state index in [-0.39, 0.29) is 18.3 Å². The lowest BCUT2D eigenvalue weighted by Gasteiger charge is -2.43. The number of carbonyl (C=O) groups is 3. The number of carbonyl (C=O) groups excluding carboxylic acids is 3. The largest absolute Gasteiger partial charge is 0.463 e. The van der Waals surface area contributed by atoms with Gasteiger partial charge in [0.1, 0.15) is 31.0 Å². The summed E-state index contributed by atoms with van der Waals surface area (Å²) in [6.07, 6.45) is -7.68. The lowest BCUT2D eigenvalue weighted by Crippen LogP contribution is -2.67. The maximum absolute atomic E-state index is 12.2.